The summed E-state index contributed by atoms with van der Waals surface area (Å²) in [5, 5.41) is 4.03. The molecule has 3 nitrogen and oxygen atoms in total. The van der Waals surface area contributed by atoms with E-state index >= 15 is 0 Å². The number of hydrogen-bond donors (Lipinski definition) is 1. The average molecular weight is 276 g/mol. The first-order valence-corrected chi connectivity index (χ1v) is 6.00. The van der Waals surface area contributed by atoms with E-state index in [1.54, 1.807) is 17.5 Å². The van der Waals surface area contributed by atoms with Crippen molar-refractivity contribution in [3.8, 4) is 0 Å². The first-order valence-electron chi connectivity index (χ1n) is 3.53. The smallest absolute Gasteiger partial charge is 0.0956 e. The zero-order valence-electron chi connectivity index (χ0n) is 6.48. The highest BCUT2D eigenvalue weighted by Gasteiger charge is 2.14. The Labute approximate surface area is 92.1 Å². The fourth-order valence-corrected chi connectivity index (χ4v) is 3.02. The molecule has 0 saturated heterocycles. The van der Waals surface area contributed by atoms with Crippen LogP contribution in [0.4, 0.5) is 0 Å². The lowest BCUT2D eigenvalue weighted by molar-refractivity contribution is 0.844. The van der Waals surface area contributed by atoms with Gasteiger partial charge in [-0.3, -0.25) is 0 Å². The van der Waals surface area contributed by atoms with Crippen LogP contribution >= 0.6 is 39.0 Å². The Morgan fingerprint density at radius 2 is 2.31 bits per heavy atom. The summed E-state index contributed by atoms with van der Waals surface area (Å²) in [7, 11) is 0. The second-order valence-electron chi connectivity index (χ2n) is 2.49. The van der Waals surface area contributed by atoms with E-state index in [1.807, 2.05) is 10.8 Å². The van der Waals surface area contributed by atoms with Crippen molar-refractivity contribution in [2.24, 2.45) is 5.73 Å². The minimum absolute atomic E-state index is 0.167. The molecule has 6 heteroatoms. The van der Waals surface area contributed by atoms with Gasteiger partial charge in [0.1, 0.15) is 0 Å². The van der Waals surface area contributed by atoms with Gasteiger partial charge in [-0.25, -0.2) is 0 Å². The van der Waals surface area contributed by atoms with Gasteiger partial charge in [0.2, 0.25) is 0 Å². The van der Waals surface area contributed by atoms with Crippen LogP contribution in [0.25, 0.3) is 0 Å². The fraction of sp³-hybridized carbons (Fsp3) is 0.143. The van der Waals surface area contributed by atoms with E-state index in [1.165, 1.54) is 11.7 Å². The lowest BCUT2D eigenvalue weighted by Gasteiger charge is -2.05. The van der Waals surface area contributed by atoms with E-state index < -0.39 is 0 Å². The number of thiophene rings is 1. The molecular weight excluding hydrogens is 270 g/mol. The summed E-state index contributed by atoms with van der Waals surface area (Å²) in [4.78, 5) is 0. The molecule has 2 aromatic rings. The summed E-state index contributed by atoms with van der Waals surface area (Å²) in [6, 6.07) is -0.167. The molecule has 1 atom stereocenters. The van der Waals surface area contributed by atoms with E-state index in [2.05, 4.69) is 24.7 Å². The Morgan fingerprint density at radius 3 is 2.85 bits per heavy atom. The van der Waals surface area contributed by atoms with Gasteiger partial charge in [0.15, 0.2) is 0 Å². The molecule has 13 heavy (non-hydrogen) atoms. The molecule has 1 unspecified atom stereocenters. The van der Waals surface area contributed by atoms with Crippen molar-refractivity contribution in [1.82, 2.24) is 8.75 Å². The lowest BCUT2D eigenvalue weighted by atomic mass is 10.1. The highest BCUT2D eigenvalue weighted by Crippen LogP contribution is 2.29. The van der Waals surface area contributed by atoms with Crippen LogP contribution in [0.5, 0.6) is 0 Å². The maximum atomic E-state index is 5.99. The molecule has 0 fully saturated rings. The number of rotatable bonds is 2. The third-order valence-electron chi connectivity index (χ3n) is 1.67. The first kappa shape index (κ1) is 9.26. The van der Waals surface area contributed by atoms with Crippen LogP contribution in [0.15, 0.2) is 21.4 Å². The van der Waals surface area contributed by atoms with Gasteiger partial charge in [0.25, 0.3) is 0 Å². The maximum Gasteiger partial charge on any atom is 0.0956 e. The Balaban J connectivity index is 2.33. The largest absolute Gasteiger partial charge is 0.319 e. The Morgan fingerprint density at radius 1 is 1.46 bits per heavy atom. The van der Waals surface area contributed by atoms with E-state index in [9.17, 15) is 0 Å². The van der Waals surface area contributed by atoms with Crippen molar-refractivity contribution in [1.29, 1.82) is 0 Å². The third kappa shape index (κ3) is 1.80. The van der Waals surface area contributed by atoms with Crippen LogP contribution in [0.2, 0.25) is 0 Å². The van der Waals surface area contributed by atoms with Gasteiger partial charge in [-0.15, -0.1) is 0 Å². The van der Waals surface area contributed by atoms with Crippen LogP contribution in [-0.4, -0.2) is 8.75 Å². The highest BCUT2D eigenvalue weighted by molar-refractivity contribution is 9.10. The monoisotopic (exact) mass is 275 g/mol. The Bertz CT molecular complexity index is 384. The lowest BCUT2D eigenvalue weighted by Crippen LogP contribution is -2.11. The molecule has 0 spiro atoms. The van der Waals surface area contributed by atoms with Crippen LogP contribution in [0, 0.1) is 0 Å². The number of halogens is 1. The molecule has 2 heterocycles. The van der Waals surface area contributed by atoms with E-state index in [-0.39, 0.29) is 6.04 Å². The zero-order valence-corrected chi connectivity index (χ0v) is 9.69. The highest BCUT2D eigenvalue weighted by atomic mass is 79.9. The first-order chi connectivity index (χ1) is 6.29. The second kappa shape index (κ2) is 3.83. The summed E-state index contributed by atoms with van der Waals surface area (Å²) < 4.78 is 9.06. The summed E-state index contributed by atoms with van der Waals surface area (Å²) in [6.45, 7) is 0. The van der Waals surface area contributed by atoms with Gasteiger partial charge in [-0.1, -0.05) is 0 Å². The minimum atomic E-state index is -0.167. The summed E-state index contributed by atoms with van der Waals surface area (Å²) in [5.41, 5.74) is 7.88. The number of nitrogens with two attached hydrogens (primary N) is 1. The minimum Gasteiger partial charge on any atom is -0.319 e. The van der Waals surface area contributed by atoms with E-state index in [4.69, 9.17) is 5.73 Å². The van der Waals surface area contributed by atoms with Crippen molar-refractivity contribution < 1.29 is 0 Å². The molecule has 2 rings (SSSR count). The van der Waals surface area contributed by atoms with Crippen molar-refractivity contribution in [3.05, 3.63) is 32.7 Å². The molecule has 0 aromatic carbocycles. The molecule has 0 aliphatic heterocycles. The van der Waals surface area contributed by atoms with Gasteiger partial charge < -0.3 is 5.73 Å². The van der Waals surface area contributed by atoms with Gasteiger partial charge in [-0.2, -0.15) is 20.1 Å². The third-order valence-corrected chi connectivity index (χ3v) is 3.92. The molecule has 0 aliphatic carbocycles. The molecule has 68 valence electrons. The molecular formula is C7H6BrN3S2. The summed E-state index contributed by atoms with van der Waals surface area (Å²) in [5.74, 6) is 0. The van der Waals surface area contributed by atoms with Gasteiger partial charge >= 0.3 is 0 Å². The number of aromatic nitrogens is 2. The Kier molecular flexibility index (Phi) is 2.73. The standard InChI is InChI=1S/C7H6BrN3S2/c8-5-3-12-2-4(5)7(9)6-1-10-13-11-6/h1-3,7H,9H2. The molecule has 0 bridgehead atoms. The molecule has 0 amide bonds. The van der Waals surface area contributed by atoms with Crippen LogP contribution < -0.4 is 5.73 Å². The quantitative estimate of drug-likeness (QED) is 0.916. The van der Waals surface area contributed by atoms with Gasteiger partial charge in [0, 0.05) is 9.85 Å². The Hall–Kier alpha value is -0.300. The molecule has 2 N–H and O–H groups in total. The predicted molar refractivity (Wildman–Crippen MR) is 58.0 cm³/mol. The van der Waals surface area contributed by atoms with E-state index in [0.717, 1.165) is 15.7 Å². The molecule has 0 aliphatic rings. The van der Waals surface area contributed by atoms with Crippen molar-refractivity contribution in [3.63, 3.8) is 0 Å². The van der Waals surface area contributed by atoms with Crippen molar-refractivity contribution in [2.75, 3.05) is 0 Å². The summed E-state index contributed by atoms with van der Waals surface area (Å²) in [6.07, 6.45) is 1.71. The SMILES string of the molecule is NC(c1cnsn1)c1cscc1Br. The number of hydrogen-bond acceptors (Lipinski definition) is 5. The van der Waals surface area contributed by atoms with Crippen LogP contribution in [-0.2, 0) is 0 Å². The summed E-state index contributed by atoms with van der Waals surface area (Å²) >= 11 is 6.24. The molecule has 2 aromatic heterocycles. The van der Waals surface area contributed by atoms with Crippen molar-refractivity contribution >= 4 is 39.0 Å². The second-order valence-corrected chi connectivity index (χ2v) is 4.64. The fourth-order valence-electron chi connectivity index (χ4n) is 0.982. The van der Waals surface area contributed by atoms with E-state index in [0.29, 0.717) is 0 Å². The number of nitrogens with zero attached hydrogens (tertiary/aromatic N) is 2. The van der Waals surface area contributed by atoms with Gasteiger partial charge in [0.05, 0.1) is 29.7 Å². The zero-order chi connectivity index (χ0) is 9.26. The van der Waals surface area contributed by atoms with Crippen molar-refractivity contribution in [2.45, 2.75) is 6.04 Å². The average Bonchev–Trinajstić information content (AvgIpc) is 2.72. The van der Waals surface area contributed by atoms with Crippen LogP contribution in [0.1, 0.15) is 17.3 Å². The molecule has 0 saturated carbocycles. The van der Waals surface area contributed by atoms with Gasteiger partial charge in [-0.05, 0) is 26.9 Å². The predicted octanol–water partition coefficient (Wildman–Crippen LogP) is 2.41. The maximum absolute atomic E-state index is 5.99. The molecule has 0 radical (unpaired) electrons. The van der Waals surface area contributed by atoms with Crippen LogP contribution in [0.3, 0.4) is 0 Å². The topological polar surface area (TPSA) is 51.8 Å². The normalized spacial score (nSPS) is 13.1.